The minimum atomic E-state index is -3.52. The standard InChI is InChI=1S/C10H12N4O2S/c1-12-17(15,16)10-4-3-8(7-9(10)11)14-6-2-5-13-14/h2-7,12H,11H2,1H3. The number of benzene rings is 1. The summed E-state index contributed by atoms with van der Waals surface area (Å²) in [7, 11) is -2.18. The van der Waals surface area contributed by atoms with E-state index < -0.39 is 10.0 Å². The number of anilines is 1. The fourth-order valence-corrected chi connectivity index (χ4v) is 2.29. The second-order valence-corrected chi connectivity index (χ2v) is 5.24. The third-order valence-electron chi connectivity index (χ3n) is 2.32. The SMILES string of the molecule is CNS(=O)(=O)c1ccc(-n2cccn2)cc1N. The number of sulfonamides is 1. The average Bonchev–Trinajstić information content (AvgIpc) is 2.82. The Balaban J connectivity index is 2.50. The van der Waals surface area contributed by atoms with Gasteiger partial charge in [0.05, 0.1) is 11.4 Å². The molecule has 3 N–H and O–H groups in total. The molecule has 0 fully saturated rings. The van der Waals surface area contributed by atoms with Gasteiger partial charge < -0.3 is 5.73 Å². The van der Waals surface area contributed by atoms with Crippen molar-refractivity contribution in [2.45, 2.75) is 4.90 Å². The third-order valence-corrected chi connectivity index (χ3v) is 3.81. The molecule has 17 heavy (non-hydrogen) atoms. The minimum Gasteiger partial charge on any atom is -0.398 e. The molecule has 2 aromatic rings. The summed E-state index contributed by atoms with van der Waals surface area (Å²) >= 11 is 0. The van der Waals surface area contributed by atoms with Gasteiger partial charge in [-0.2, -0.15) is 5.10 Å². The summed E-state index contributed by atoms with van der Waals surface area (Å²) in [5.74, 6) is 0. The molecule has 90 valence electrons. The van der Waals surface area contributed by atoms with Crippen LogP contribution in [-0.4, -0.2) is 25.2 Å². The normalized spacial score (nSPS) is 11.6. The smallest absolute Gasteiger partial charge is 0.242 e. The second-order valence-electron chi connectivity index (χ2n) is 3.38. The van der Waals surface area contributed by atoms with Crippen LogP contribution in [0.2, 0.25) is 0 Å². The van der Waals surface area contributed by atoms with Crippen molar-refractivity contribution < 1.29 is 8.42 Å². The molecule has 1 aromatic carbocycles. The van der Waals surface area contributed by atoms with Crippen molar-refractivity contribution in [3.05, 3.63) is 36.7 Å². The van der Waals surface area contributed by atoms with Crippen LogP contribution in [0.1, 0.15) is 0 Å². The van der Waals surface area contributed by atoms with Crippen LogP contribution in [0.15, 0.2) is 41.6 Å². The maximum atomic E-state index is 11.6. The molecular weight excluding hydrogens is 240 g/mol. The highest BCUT2D eigenvalue weighted by atomic mass is 32.2. The monoisotopic (exact) mass is 252 g/mol. The van der Waals surface area contributed by atoms with Gasteiger partial charge in [-0.05, 0) is 31.3 Å². The highest BCUT2D eigenvalue weighted by Gasteiger charge is 2.15. The fourth-order valence-electron chi connectivity index (χ4n) is 1.45. The predicted octanol–water partition coefficient (Wildman–Crippen LogP) is 0.363. The molecule has 0 unspecified atom stereocenters. The van der Waals surface area contributed by atoms with Gasteiger partial charge in [-0.15, -0.1) is 0 Å². The van der Waals surface area contributed by atoms with Gasteiger partial charge in [-0.25, -0.2) is 17.8 Å². The van der Waals surface area contributed by atoms with Crippen molar-refractivity contribution in [2.75, 3.05) is 12.8 Å². The fraction of sp³-hybridized carbons (Fsp3) is 0.100. The number of rotatable bonds is 3. The molecule has 0 aliphatic rings. The molecule has 0 radical (unpaired) electrons. The quantitative estimate of drug-likeness (QED) is 0.772. The first-order valence-corrected chi connectivity index (χ1v) is 6.36. The number of nitrogens with two attached hydrogens (primary N) is 1. The Morgan fingerprint density at radius 1 is 1.41 bits per heavy atom. The zero-order valence-electron chi connectivity index (χ0n) is 9.16. The van der Waals surface area contributed by atoms with E-state index in [1.54, 1.807) is 35.3 Å². The van der Waals surface area contributed by atoms with Gasteiger partial charge in [0.2, 0.25) is 10.0 Å². The van der Waals surface area contributed by atoms with Crippen LogP contribution in [0.4, 0.5) is 5.69 Å². The average molecular weight is 252 g/mol. The highest BCUT2D eigenvalue weighted by Crippen LogP contribution is 2.21. The summed E-state index contributed by atoms with van der Waals surface area (Å²) < 4.78 is 27.0. The molecule has 0 saturated heterocycles. The lowest BCUT2D eigenvalue weighted by molar-refractivity contribution is 0.588. The first-order chi connectivity index (χ1) is 8.04. The van der Waals surface area contributed by atoms with Crippen molar-refractivity contribution in [3.8, 4) is 5.69 Å². The van der Waals surface area contributed by atoms with E-state index in [2.05, 4.69) is 9.82 Å². The van der Waals surface area contributed by atoms with Gasteiger partial charge >= 0.3 is 0 Å². The summed E-state index contributed by atoms with van der Waals surface area (Å²) in [6, 6.07) is 6.44. The first kappa shape index (κ1) is 11.6. The van der Waals surface area contributed by atoms with Crippen LogP contribution in [0.25, 0.3) is 5.69 Å². The number of aromatic nitrogens is 2. The molecule has 1 aromatic heterocycles. The van der Waals surface area contributed by atoms with Crippen molar-refractivity contribution in [3.63, 3.8) is 0 Å². The Bertz CT molecular complexity index is 620. The summed E-state index contributed by atoms with van der Waals surface area (Å²) in [4.78, 5) is 0.0657. The lowest BCUT2D eigenvalue weighted by Crippen LogP contribution is -2.20. The maximum Gasteiger partial charge on any atom is 0.242 e. The summed E-state index contributed by atoms with van der Waals surface area (Å²) in [5.41, 5.74) is 6.63. The molecule has 1 heterocycles. The van der Waals surface area contributed by atoms with E-state index in [1.807, 2.05) is 0 Å². The lowest BCUT2D eigenvalue weighted by Gasteiger charge is -2.08. The Morgan fingerprint density at radius 2 is 2.18 bits per heavy atom. The molecule has 0 spiro atoms. The van der Waals surface area contributed by atoms with Crippen molar-refractivity contribution in [1.82, 2.24) is 14.5 Å². The van der Waals surface area contributed by atoms with Gasteiger partial charge in [0, 0.05) is 12.4 Å². The Morgan fingerprint density at radius 3 is 2.71 bits per heavy atom. The van der Waals surface area contributed by atoms with Crippen molar-refractivity contribution >= 4 is 15.7 Å². The molecule has 0 atom stereocenters. The van der Waals surface area contributed by atoms with Gasteiger partial charge in [0.25, 0.3) is 0 Å². The van der Waals surface area contributed by atoms with E-state index in [-0.39, 0.29) is 10.6 Å². The van der Waals surface area contributed by atoms with Crippen LogP contribution in [-0.2, 0) is 10.0 Å². The molecule has 6 nitrogen and oxygen atoms in total. The molecule has 7 heteroatoms. The van der Waals surface area contributed by atoms with Gasteiger partial charge in [0.1, 0.15) is 4.90 Å². The zero-order valence-corrected chi connectivity index (χ0v) is 9.98. The summed E-state index contributed by atoms with van der Waals surface area (Å²) in [5, 5.41) is 4.04. The number of hydrogen-bond acceptors (Lipinski definition) is 4. The first-order valence-electron chi connectivity index (χ1n) is 4.87. The zero-order chi connectivity index (χ0) is 12.5. The second kappa shape index (κ2) is 4.19. The molecule has 2 rings (SSSR count). The maximum absolute atomic E-state index is 11.6. The van der Waals surface area contributed by atoms with Gasteiger partial charge in [-0.3, -0.25) is 0 Å². The van der Waals surface area contributed by atoms with E-state index in [4.69, 9.17) is 5.73 Å². The van der Waals surface area contributed by atoms with Crippen LogP contribution >= 0.6 is 0 Å². The van der Waals surface area contributed by atoms with Crippen molar-refractivity contribution in [2.24, 2.45) is 0 Å². The molecule has 0 aliphatic heterocycles. The Hall–Kier alpha value is -1.86. The molecule has 0 amide bonds. The number of nitrogens with one attached hydrogen (secondary N) is 1. The Labute approximate surface area is 99.1 Å². The number of nitrogens with zero attached hydrogens (tertiary/aromatic N) is 2. The summed E-state index contributed by atoms with van der Waals surface area (Å²) in [6.45, 7) is 0. The van der Waals surface area contributed by atoms with Crippen molar-refractivity contribution in [1.29, 1.82) is 0 Å². The topological polar surface area (TPSA) is 90.0 Å². The summed E-state index contributed by atoms with van der Waals surface area (Å²) in [6.07, 6.45) is 3.38. The lowest BCUT2D eigenvalue weighted by atomic mass is 10.3. The van der Waals surface area contributed by atoms with E-state index in [0.29, 0.717) is 5.69 Å². The third kappa shape index (κ3) is 2.15. The predicted molar refractivity (Wildman–Crippen MR) is 64.2 cm³/mol. The largest absolute Gasteiger partial charge is 0.398 e. The van der Waals surface area contributed by atoms with Crippen LogP contribution in [0.5, 0.6) is 0 Å². The van der Waals surface area contributed by atoms with Gasteiger partial charge in [0.15, 0.2) is 0 Å². The molecule has 0 saturated carbocycles. The van der Waals surface area contributed by atoms with Crippen LogP contribution < -0.4 is 10.5 Å². The molecular formula is C10H12N4O2S. The van der Waals surface area contributed by atoms with Crippen LogP contribution in [0.3, 0.4) is 0 Å². The minimum absolute atomic E-state index is 0.0657. The molecule has 0 bridgehead atoms. The van der Waals surface area contributed by atoms with E-state index in [1.165, 1.54) is 13.1 Å². The number of nitrogen functional groups attached to an aromatic ring is 1. The number of hydrogen-bond donors (Lipinski definition) is 2. The van der Waals surface area contributed by atoms with E-state index in [0.717, 1.165) is 0 Å². The highest BCUT2D eigenvalue weighted by molar-refractivity contribution is 7.89. The van der Waals surface area contributed by atoms with E-state index >= 15 is 0 Å². The van der Waals surface area contributed by atoms with Gasteiger partial charge in [-0.1, -0.05) is 0 Å². The van der Waals surface area contributed by atoms with Crippen LogP contribution in [0, 0.1) is 0 Å². The molecule has 0 aliphatic carbocycles. The van der Waals surface area contributed by atoms with E-state index in [9.17, 15) is 8.42 Å². The Kier molecular flexibility index (Phi) is 2.86.